The Kier molecular flexibility index (Phi) is 2.40. The SMILES string of the molecule is CCN1CCN2CC1CCOC2=O. The lowest BCUT2D eigenvalue weighted by Crippen LogP contribution is -2.52. The molecule has 0 spiro atoms. The molecule has 2 bridgehead atoms. The molecule has 2 aliphatic rings. The number of piperazine rings is 1. The average molecular weight is 184 g/mol. The van der Waals surface area contributed by atoms with E-state index >= 15 is 0 Å². The lowest BCUT2D eigenvalue weighted by atomic mass is 10.1. The fourth-order valence-electron chi connectivity index (χ4n) is 2.12. The van der Waals surface area contributed by atoms with E-state index in [2.05, 4.69) is 11.8 Å². The van der Waals surface area contributed by atoms with Crippen LogP contribution in [0.15, 0.2) is 0 Å². The summed E-state index contributed by atoms with van der Waals surface area (Å²) in [5.74, 6) is 0. The number of carbonyl (C=O) groups excluding carboxylic acids is 1. The van der Waals surface area contributed by atoms with Crippen LogP contribution in [0.1, 0.15) is 13.3 Å². The van der Waals surface area contributed by atoms with Gasteiger partial charge in [0.2, 0.25) is 0 Å². The number of fused-ring (bicyclic) bond motifs is 2. The molecule has 2 heterocycles. The number of rotatable bonds is 1. The summed E-state index contributed by atoms with van der Waals surface area (Å²) in [7, 11) is 0. The van der Waals surface area contributed by atoms with Gasteiger partial charge in [0.25, 0.3) is 0 Å². The van der Waals surface area contributed by atoms with Crippen molar-refractivity contribution in [3.63, 3.8) is 0 Å². The fraction of sp³-hybridized carbons (Fsp3) is 0.889. The van der Waals surface area contributed by atoms with Crippen LogP contribution in [0.5, 0.6) is 0 Å². The van der Waals surface area contributed by atoms with Crippen LogP contribution >= 0.6 is 0 Å². The van der Waals surface area contributed by atoms with Crippen LogP contribution in [-0.4, -0.2) is 54.7 Å². The van der Waals surface area contributed by atoms with Crippen LogP contribution < -0.4 is 0 Å². The quantitative estimate of drug-likeness (QED) is 0.596. The molecule has 0 N–H and O–H groups in total. The van der Waals surface area contributed by atoms with Crippen LogP contribution in [-0.2, 0) is 4.74 Å². The van der Waals surface area contributed by atoms with E-state index < -0.39 is 0 Å². The van der Waals surface area contributed by atoms with Gasteiger partial charge < -0.3 is 9.64 Å². The molecule has 0 aromatic heterocycles. The lowest BCUT2D eigenvalue weighted by molar-refractivity contribution is 0.0876. The van der Waals surface area contributed by atoms with Crippen molar-refractivity contribution in [3.8, 4) is 0 Å². The van der Waals surface area contributed by atoms with E-state index in [4.69, 9.17) is 4.74 Å². The van der Waals surface area contributed by atoms with Crippen molar-refractivity contribution in [1.29, 1.82) is 0 Å². The van der Waals surface area contributed by atoms with Crippen LogP contribution in [0.3, 0.4) is 0 Å². The summed E-state index contributed by atoms with van der Waals surface area (Å²) in [6, 6.07) is 0.519. The third kappa shape index (κ3) is 1.63. The van der Waals surface area contributed by atoms with Gasteiger partial charge in [0.15, 0.2) is 0 Å². The smallest absolute Gasteiger partial charge is 0.409 e. The van der Waals surface area contributed by atoms with Crippen LogP contribution in [0.4, 0.5) is 4.79 Å². The molecule has 13 heavy (non-hydrogen) atoms. The van der Waals surface area contributed by atoms with E-state index in [9.17, 15) is 4.79 Å². The molecule has 2 saturated heterocycles. The van der Waals surface area contributed by atoms with Gasteiger partial charge in [-0.2, -0.15) is 0 Å². The van der Waals surface area contributed by atoms with E-state index in [1.165, 1.54) is 0 Å². The van der Waals surface area contributed by atoms with E-state index in [0.29, 0.717) is 12.6 Å². The minimum absolute atomic E-state index is 0.127. The summed E-state index contributed by atoms with van der Waals surface area (Å²) in [6.07, 6.45) is 0.856. The number of cyclic esters (lactones) is 1. The van der Waals surface area contributed by atoms with Crippen molar-refractivity contribution in [2.24, 2.45) is 0 Å². The highest BCUT2D eigenvalue weighted by Gasteiger charge is 2.31. The highest BCUT2D eigenvalue weighted by atomic mass is 16.6. The normalized spacial score (nSPS) is 29.8. The molecule has 4 nitrogen and oxygen atoms in total. The van der Waals surface area contributed by atoms with Gasteiger partial charge in [-0.15, -0.1) is 0 Å². The third-order valence-electron chi connectivity index (χ3n) is 2.95. The summed E-state index contributed by atoms with van der Waals surface area (Å²) in [4.78, 5) is 15.6. The maximum absolute atomic E-state index is 11.3. The van der Waals surface area contributed by atoms with E-state index in [0.717, 1.165) is 32.6 Å². The van der Waals surface area contributed by atoms with E-state index in [-0.39, 0.29) is 6.09 Å². The van der Waals surface area contributed by atoms with Gasteiger partial charge in [0, 0.05) is 25.7 Å². The molecule has 0 saturated carbocycles. The van der Waals surface area contributed by atoms with Crippen molar-refractivity contribution in [3.05, 3.63) is 0 Å². The maximum Gasteiger partial charge on any atom is 0.409 e. The van der Waals surface area contributed by atoms with Gasteiger partial charge in [-0.1, -0.05) is 6.92 Å². The molecule has 0 aromatic carbocycles. The van der Waals surface area contributed by atoms with Crippen molar-refractivity contribution >= 4 is 6.09 Å². The Labute approximate surface area is 78.4 Å². The highest BCUT2D eigenvalue weighted by Crippen LogP contribution is 2.16. The molecule has 1 atom stereocenters. The molecular weight excluding hydrogens is 168 g/mol. The number of hydrogen-bond acceptors (Lipinski definition) is 3. The predicted molar refractivity (Wildman–Crippen MR) is 48.6 cm³/mol. The maximum atomic E-state index is 11.3. The summed E-state index contributed by atoms with van der Waals surface area (Å²) >= 11 is 0. The Morgan fingerprint density at radius 1 is 1.54 bits per heavy atom. The summed E-state index contributed by atoms with van der Waals surface area (Å²) in [6.45, 7) is 6.50. The van der Waals surface area contributed by atoms with Crippen molar-refractivity contribution in [1.82, 2.24) is 9.80 Å². The summed E-state index contributed by atoms with van der Waals surface area (Å²) in [5.41, 5.74) is 0. The Morgan fingerprint density at radius 3 is 3.15 bits per heavy atom. The second-order valence-electron chi connectivity index (χ2n) is 3.63. The van der Waals surface area contributed by atoms with Crippen molar-refractivity contribution in [2.75, 3.05) is 32.8 Å². The number of hydrogen-bond donors (Lipinski definition) is 0. The standard InChI is InChI=1S/C9H16N2O2/c1-2-10-4-5-11-7-8(10)3-6-13-9(11)12/h8H,2-7H2,1H3. The van der Waals surface area contributed by atoms with E-state index in [1.807, 2.05) is 4.90 Å². The first kappa shape index (κ1) is 8.81. The monoisotopic (exact) mass is 184 g/mol. The van der Waals surface area contributed by atoms with Gasteiger partial charge in [-0.25, -0.2) is 4.79 Å². The van der Waals surface area contributed by atoms with Gasteiger partial charge in [-0.3, -0.25) is 4.90 Å². The Balaban J connectivity index is 2.06. The summed E-state index contributed by atoms with van der Waals surface area (Å²) in [5, 5.41) is 0. The van der Waals surface area contributed by atoms with Crippen LogP contribution in [0, 0.1) is 0 Å². The second-order valence-corrected chi connectivity index (χ2v) is 3.63. The first-order chi connectivity index (χ1) is 6.31. The zero-order valence-corrected chi connectivity index (χ0v) is 8.03. The minimum atomic E-state index is -0.127. The molecule has 0 aliphatic carbocycles. The molecular formula is C9H16N2O2. The fourth-order valence-corrected chi connectivity index (χ4v) is 2.12. The second kappa shape index (κ2) is 3.54. The molecule has 1 unspecified atom stereocenters. The zero-order chi connectivity index (χ0) is 9.26. The van der Waals surface area contributed by atoms with Crippen LogP contribution in [0.25, 0.3) is 0 Å². The molecule has 74 valence electrons. The molecule has 0 aromatic rings. The highest BCUT2D eigenvalue weighted by molar-refractivity contribution is 5.68. The number of amides is 1. The van der Waals surface area contributed by atoms with Gasteiger partial charge >= 0.3 is 6.09 Å². The molecule has 0 radical (unpaired) electrons. The Morgan fingerprint density at radius 2 is 2.38 bits per heavy atom. The summed E-state index contributed by atoms with van der Waals surface area (Å²) < 4.78 is 5.07. The van der Waals surface area contributed by atoms with Gasteiger partial charge in [-0.05, 0) is 13.0 Å². The Hall–Kier alpha value is -0.770. The molecule has 2 fully saturated rings. The first-order valence-corrected chi connectivity index (χ1v) is 4.97. The zero-order valence-electron chi connectivity index (χ0n) is 8.03. The number of likely N-dealkylation sites (N-methyl/N-ethyl adjacent to an activating group) is 1. The average Bonchev–Trinajstić information content (AvgIpc) is 2.29. The molecule has 2 aliphatic heterocycles. The predicted octanol–water partition coefficient (Wildman–Crippen LogP) is 0.533. The number of carbonyl (C=O) groups is 1. The third-order valence-corrected chi connectivity index (χ3v) is 2.95. The van der Waals surface area contributed by atoms with Crippen LogP contribution in [0.2, 0.25) is 0 Å². The molecule has 4 heteroatoms. The topological polar surface area (TPSA) is 32.8 Å². The van der Waals surface area contributed by atoms with E-state index in [1.54, 1.807) is 0 Å². The van der Waals surface area contributed by atoms with Crippen molar-refractivity contribution in [2.45, 2.75) is 19.4 Å². The largest absolute Gasteiger partial charge is 0.449 e. The number of ether oxygens (including phenoxy) is 1. The molecule has 1 amide bonds. The van der Waals surface area contributed by atoms with Crippen molar-refractivity contribution < 1.29 is 9.53 Å². The first-order valence-electron chi connectivity index (χ1n) is 4.97. The lowest BCUT2D eigenvalue weighted by Gasteiger charge is -2.37. The molecule has 2 rings (SSSR count). The van der Waals surface area contributed by atoms with Gasteiger partial charge in [0.1, 0.15) is 0 Å². The van der Waals surface area contributed by atoms with Gasteiger partial charge in [0.05, 0.1) is 6.61 Å². The Bertz CT molecular complexity index is 208. The number of nitrogens with zero attached hydrogens (tertiary/aromatic N) is 2. The minimum Gasteiger partial charge on any atom is -0.449 e.